The van der Waals surface area contributed by atoms with E-state index in [1.54, 1.807) is 0 Å². The molecule has 1 saturated carbocycles. The fourth-order valence-electron chi connectivity index (χ4n) is 3.81. The van der Waals surface area contributed by atoms with Crippen molar-refractivity contribution in [1.82, 2.24) is 19.5 Å². The lowest BCUT2D eigenvalue weighted by molar-refractivity contribution is 0.193. The molecule has 1 N–H and O–H groups in total. The standard InChI is InChI=1S/C22H25N5O2/c28-22(23-18-6-8-19(9-7-18)29-15-16-4-5-16)26-13-10-17(11-14-26)21-25-24-20-3-1-2-12-27(20)21/h1-3,6-9,12,16-17H,4-5,10-11,13-15H2,(H,23,28). The van der Waals surface area contributed by atoms with Crippen LogP contribution in [0.1, 0.15) is 37.4 Å². The van der Waals surface area contributed by atoms with Gasteiger partial charge in [0.05, 0.1) is 6.61 Å². The molecule has 1 aliphatic heterocycles. The van der Waals surface area contributed by atoms with Crippen LogP contribution in [0, 0.1) is 5.92 Å². The fourth-order valence-corrected chi connectivity index (χ4v) is 3.81. The molecule has 3 aromatic rings. The lowest BCUT2D eigenvalue weighted by Gasteiger charge is -2.31. The predicted octanol–water partition coefficient (Wildman–Crippen LogP) is 3.93. The summed E-state index contributed by atoms with van der Waals surface area (Å²) in [7, 11) is 0. The van der Waals surface area contributed by atoms with Crippen LogP contribution in [-0.4, -0.2) is 45.2 Å². The minimum atomic E-state index is -0.0544. The van der Waals surface area contributed by atoms with E-state index < -0.39 is 0 Å². The van der Waals surface area contributed by atoms with E-state index in [9.17, 15) is 4.79 Å². The molecule has 0 unspecified atom stereocenters. The second kappa shape index (κ2) is 7.73. The van der Waals surface area contributed by atoms with Gasteiger partial charge >= 0.3 is 6.03 Å². The molecule has 0 radical (unpaired) electrons. The number of likely N-dealkylation sites (tertiary alicyclic amines) is 1. The molecular weight excluding hydrogens is 366 g/mol. The lowest BCUT2D eigenvalue weighted by Crippen LogP contribution is -2.40. The Morgan fingerprint density at radius 1 is 1.03 bits per heavy atom. The molecule has 2 amide bonds. The van der Waals surface area contributed by atoms with Crippen LogP contribution in [0.4, 0.5) is 10.5 Å². The number of fused-ring (bicyclic) bond motifs is 1. The monoisotopic (exact) mass is 391 g/mol. The third-order valence-corrected chi connectivity index (χ3v) is 5.78. The van der Waals surface area contributed by atoms with E-state index >= 15 is 0 Å². The smallest absolute Gasteiger partial charge is 0.321 e. The molecule has 0 atom stereocenters. The molecule has 0 spiro atoms. The molecule has 5 rings (SSSR count). The number of benzene rings is 1. The fraction of sp³-hybridized carbons (Fsp3) is 0.409. The molecule has 2 fully saturated rings. The van der Waals surface area contributed by atoms with Crippen molar-refractivity contribution in [1.29, 1.82) is 0 Å². The van der Waals surface area contributed by atoms with E-state index in [4.69, 9.17) is 4.74 Å². The average Bonchev–Trinajstić information content (AvgIpc) is 3.50. The van der Waals surface area contributed by atoms with Crippen LogP contribution in [0.15, 0.2) is 48.7 Å². The molecule has 2 aromatic heterocycles. The van der Waals surface area contributed by atoms with Gasteiger partial charge in [0.2, 0.25) is 0 Å². The number of hydrogen-bond acceptors (Lipinski definition) is 4. The minimum Gasteiger partial charge on any atom is -0.493 e. The average molecular weight is 391 g/mol. The quantitative estimate of drug-likeness (QED) is 0.715. The highest BCUT2D eigenvalue weighted by molar-refractivity contribution is 5.89. The summed E-state index contributed by atoms with van der Waals surface area (Å²) < 4.78 is 7.80. The molecule has 0 bridgehead atoms. The van der Waals surface area contributed by atoms with Crippen LogP contribution in [0.5, 0.6) is 5.75 Å². The summed E-state index contributed by atoms with van der Waals surface area (Å²) in [6.07, 6.45) is 6.33. The van der Waals surface area contributed by atoms with Crippen molar-refractivity contribution in [3.63, 3.8) is 0 Å². The summed E-state index contributed by atoms with van der Waals surface area (Å²) in [5, 5.41) is 11.6. The molecule has 1 aliphatic carbocycles. The maximum absolute atomic E-state index is 12.6. The van der Waals surface area contributed by atoms with Crippen LogP contribution >= 0.6 is 0 Å². The third-order valence-electron chi connectivity index (χ3n) is 5.78. The van der Waals surface area contributed by atoms with Crippen molar-refractivity contribution in [2.24, 2.45) is 5.92 Å². The number of ether oxygens (including phenoxy) is 1. The number of nitrogens with zero attached hydrogens (tertiary/aromatic N) is 4. The van der Waals surface area contributed by atoms with Gasteiger partial charge in [0.15, 0.2) is 5.65 Å². The first kappa shape index (κ1) is 18.0. The van der Waals surface area contributed by atoms with Gasteiger partial charge in [-0.3, -0.25) is 4.40 Å². The van der Waals surface area contributed by atoms with E-state index in [-0.39, 0.29) is 6.03 Å². The highest BCUT2D eigenvalue weighted by Gasteiger charge is 2.27. The highest BCUT2D eigenvalue weighted by Crippen LogP contribution is 2.30. The molecule has 150 valence electrons. The van der Waals surface area contributed by atoms with Crippen molar-refractivity contribution in [3.8, 4) is 5.75 Å². The van der Waals surface area contributed by atoms with Crippen LogP contribution in [0.2, 0.25) is 0 Å². The van der Waals surface area contributed by atoms with E-state index in [1.165, 1.54) is 12.8 Å². The van der Waals surface area contributed by atoms with Gasteiger partial charge in [-0.25, -0.2) is 4.79 Å². The molecule has 1 aromatic carbocycles. The second-order valence-electron chi connectivity index (χ2n) is 7.96. The minimum absolute atomic E-state index is 0.0544. The normalized spacial score (nSPS) is 17.4. The summed E-state index contributed by atoms with van der Waals surface area (Å²) in [6, 6.07) is 13.5. The molecular formula is C22H25N5O2. The number of carbonyl (C=O) groups is 1. The van der Waals surface area contributed by atoms with Crippen molar-refractivity contribution in [2.45, 2.75) is 31.6 Å². The van der Waals surface area contributed by atoms with Crippen molar-refractivity contribution >= 4 is 17.4 Å². The second-order valence-corrected chi connectivity index (χ2v) is 7.96. The van der Waals surface area contributed by atoms with Crippen LogP contribution < -0.4 is 10.1 Å². The number of hydrogen-bond donors (Lipinski definition) is 1. The maximum atomic E-state index is 12.6. The van der Waals surface area contributed by atoms with Gasteiger partial charge in [-0.15, -0.1) is 10.2 Å². The van der Waals surface area contributed by atoms with Gasteiger partial charge in [-0.1, -0.05) is 6.07 Å². The first-order chi connectivity index (χ1) is 14.3. The van der Waals surface area contributed by atoms with Gasteiger partial charge in [0.25, 0.3) is 0 Å². The zero-order valence-electron chi connectivity index (χ0n) is 16.3. The van der Waals surface area contributed by atoms with Crippen molar-refractivity contribution in [3.05, 3.63) is 54.5 Å². The number of pyridine rings is 1. The van der Waals surface area contributed by atoms with Gasteiger partial charge in [-0.2, -0.15) is 0 Å². The Morgan fingerprint density at radius 2 is 1.83 bits per heavy atom. The first-order valence-electron chi connectivity index (χ1n) is 10.3. The topological polar surface area (TPSA) is 71.8 Å². The third kappa shape index (κ3) is 4.04. The SMILES string of the molecule is O=C(Nc1ccc(OCC2CC2)cc1)N1CCC(c2nnc3ccccn23)CC1. The Labute approximate surface area is 169 Å². The number of anilines is 1. The maximum Gasteiger partial charge on any atom is 0.321 e. The zero-order chi connectivity index (χ0) is 19.6. The number of urea groups is 1. The van der Waals surface area contributed by atoms with Gasteiger partial charge in [-0.05, 0) is 68.0 Å². The molecule has 3 heterocycles. The van der Waals surface area contributed by atoms with Crippen molar-refractivity contribution in [2.75, 3.05) is 25.0 Å². The molecule has 7 nitrogen and oxygen atoms in total. The van der Waals surface area contributed by atoms with Gasteiger partial charge < -0.3 is 15.0 Å². The van der Waals surface area contributed by atoms with Crippen LogP contribution in [-0.2, 0) is 0 Å². The number of piperidine rings is 1. The summed E-state index contributed by atoms with van der Waals surface area (Å²) in [4.78, 5) is 14.5. The summed E-state index contributed by atoms with van der Waals surface area (Å²) >= 11 is 0. The largest absolute Gasteiger partial charge is 0.493 e. The Bertz CT molecular complexity index is 988. The van der Waals surface area contributed by atoms with Crippen LogP contribution in [0.25, 0.3) is 5.65 Å². The number of amides is 2. The van der Waals surface area contributed by atoms with E-state index in [1.807, 2.05) is 58.0 Å². The molecule has 7 heteroatoms. The zero-order valence-corrected chi connectivity index (χ0v) is 16.3. The number of nitrogens with one attached hydrogen (secondary N) is 1. The van der Waals surface area contributed by atoms with Gasteiger partial charge in [0, 0.05) is 30.9 Å². The van der Waals surface area contributed by atoms with E-state index in [2.05, 4.69) is 15.5 Å². The summed E-state index contributed by atoms with van der Waals surface area (Å²) in [6.45, 7) is 2.21. The first-order valence-corrected chi connectivity index (χ1v) is 10.3. The van der Waals surface area contributed by atoms with Crippen molar-refractivity contribution < 1.29 is 9.53 Å². The summed E-state index contributed by atoms with van der Waals surface area (Å²) in [5.74, 6) is 2.89. The summed E-state index contributed by atoms with van der Waals surface area (Å²) in [5.41, 5.74) is 1.66. The Kier molecular flexibility index (Phi) is 4.79. The Balaban J connectivity index is 1.15. The molecule has 29 heavy (non-hydrogen) atoms. The predicted molar refractivity (Wildman–Crippen MR) is 110 cm³/mol. The Hall–Kier alpha value is -3.09. The number of carbonyl (C=O) groups excluding carboxylic acids is 1. The van der Waals surface area contributed by atoms with Crippen LogP contribution in [0.3, 0.4) is 0 Å². The number of rotatable bonds is 5. The van der Waals surface area contributed by atoms with E-state index in [0.29, 0.717) is 19.0 Å². The molecule has 2 aliphatic rings. The highest BCUT2D eigenvalue weighted by atomic mass is 16.5. The lowest BCUT2D eigenvalue weighted by atomic mass is 9.96. The molecule has 1 saturated heterocycles. The number of aromatic nitrogens is 3. The Morgan fingerprint density at radius 3 is 2.59 bits per heavy atom. The van der Waals surface area contributed by atoms with E-state index in [0.717, 1.165) is 48.3 Å². The van der Waals surface area contributed by atoms with Gasteiger partial charge in [0.1, 0.15) is 11.6 Å².